The molecule has 1 saturated heterocycles. The Bertz CT molecular complexity index is 1140. The molecule has 4 heterocycles. The Balaban J connectivity index is 1.32. The molecule has 1 fully saturated rings. The minimum absolute atomic E-state index is 0.0377. The van der Waals surface area contributed by atoms with E-state index in [2.05, 4.69) is 10.1 Å². The van der Waals surface area contributed by atoms with Gasteiger partial charge < -0.3 is 9.64 Å². The number of carbonyl (C=O) groups excluding carboxylic acids is 2. The Hall–Kier alpha value is -2.94. The fourth-order valence-electron chi connectivity index (χ4n) is 4.18. The van der Waals surface area contributed by atoms with Gasteiger partial charge in [0.1, 0.15) is 5.75 Å². The number of benzene rings is 1. The van der Waals surface area contributed by atoms with E-state index in [-0.39, 0.29) is 24.2 Å². The van der Waals surface area contributed by atoms with E-state index in [0.717, 1.165) is 27.4 Å². The normalized spacial score (nSPS) is 18.9. The molecule has 3 aromatic rings. The van der Waals surface area contributed by atoms with Crippen LogP contribution in [0.5, 0.6) is 5.75 Å². The van der Waals surface area contributed by atoms with Crippen LogP contribution in [0, 0.1) is 12.8 Å². The van der Waals surface area contributed by atoms with Crippen LogP contribution in [0.15, 0.2) is 24.3 Å². The molecule has 0 aliphatic carbocycles. The molecule has 156 valence electrons. The second-order valence-corrected chi connectivity index (χ2v) is 8.73. The summed E-state index contributed by atoms with van der Waals surface area (Å²) in [6.07, 6.45) is 0.230. The summed E-state index contributed by atoms with van der Waals surface area (Å²) in [7, 11) is 0. The molecule has 0 bridgehead atoms. The van der Waals surface area contributed by atoms with E-state index >= 15 is 0 Å². The molecule has 1 unspecified atom stereocenters. The van der Waals surface area contributed by atoms with Gasteiger partial charge in [-0.1, -0.05) is 11.3 Å². The molecular weight excluding hydrogens is 402 g/mol. The van der Waals surface area contributed by atoms with Gasteiger partial charge in [-0.25, -0.2) is 4.98 Å². The van der Waals surface area contributed by atoms with E-state index < -0.39 is 0 Å². The van der Waals surface area contributed by atoms with Crippen LogP contribution in [0.4, 0.5) is 5.13 Å². The van der Waals surface area contributed by atoms with E-state index in [9.17, 15) is 9.59 Å². The number of carbonyl (C=O) groups is 2. The Kier molecular flexibility index (Phi) is 4.69. The van der Waals surface area contributed by atoms with Gasteiger partial charge in [-0.3, -0.25) is 19.2 Å². The second kappa shape index (κ2) is 7.39. The molecule has 0 saturated carbocycles. The van der Waals surface area contributed by atoms with Gasteiger partial charge in [-0.05, 0) is 38.1 Å². The third-order valence-corrected chi connectivity index (χ3v) is 6.64. The highest BCUT2D eigenvalue weighted by molar-refractivity contribution is 7.22. The van der Waals surface area contributed by atoms with Crippen LogP contribution in [0.2, 0.25) is 0 Å². The van der Waals surface area contributed by atoms with E-state index in [4.69, 9.17) is 4.74 Å². The van der Waals surface area contributed by atoms with Gasteiger partial charge in [-0.15, -0.1) is 0 Å². The van der Waals surface area contributed by atoms with E-state index in [0.29, 0.717) is 37.9 Å². The zero-order chi connectivity index (χ0) is 20.8. The number of ether oxygens (including phenoxy) is 1. The van der Waals surface area contributed by atoms with Gasteiger partial charge in [-0.2, -0.15) is 5.10 Å². The molecule has 5 rings (SSSR count). The van der Waals surface area contributed by atoms with Crippen LogP contribution in [0.3, 0.4) is 0 Å². The minimum atomic E-state index is -0.334. The lowest BCUT2D eigenvalue weighted by molar-refractivity contribution is -0.137. The summed E-state index contributed by atoms with van der Waals surface area (Å²) in [4.78, 5) is 33.9. The fourth-order valence-corrected chi connectivity index (χ4v) is 5.20. The average molecular weight is 426 g/mol. The molecule has 0 N–H and O–H groups in total. The summed E-state index contributed by atoms with van der Waals surface area (Å²) in [5.41, 5.74) is 2.84. The maximum absolute atomic E-state index is 13.1. The van der Waals surface area contributed by atoms with Crippen molar-refractivity contribution in [2.24, 2.45) is 5.92 Å². The number of nitrogens with zero attached hydrogens (tertiary/aromatic N) is 5. The average Bonchev–Trinajstić information content (AvgIpc) is 3.41. The van der Waals surface area contributed by atoms with E-state index in [1.165, 1.54) is 11.3 Å². The Morgan fingerprint density at radius 1 is 1.30 bits per heavy atom. The van der Waals surface area contributed by atoms with Crippen molar-refractivity contribution >= 4 is 38.5 Å². The molecule has 8 nitrogen and oxygen atoms in total. The van der Waals surface area contributed by atoms with Crippen molar-refractivity contribution in [3.05, 3.63) is 35.7 Å². The highest BCUT2D eigenvalue weighted by Crippen LogP contribution is 2.35. The summed E-state index contributed by atoms with van der Waals surface area (Å²) < 4.78 is 8.49. The topological polar surface area (TPSA) is 80.6 Å². The van der Waals surface area contributed by atoms with Gasteiger partial charge in [0.2, 0.25) is 11.8 Å². The lowest BCUT2D eigenvalue weighted by atomic mass is 10.1. The number of hydrogen-bond donors (Lipinski definition) is 0. The monoisotopic (exact) mass is 425 g/mol. The third kappa shape index (κ3) is 3.32. The summed E-state index contributed by atoms with van der Waals surface area (Å²) in [5, 5.41) is 5.09. The smallest absolute Gasteiger partial charge is 0.229 e. The number of amides is 2. The van der Waals surface area contributed by atoms with Crippen LogP contribution < -0.4 is 9.64 Å². The van der Waals surface area contributed by atoms with Gasteiger partial charge in [0.05, 0.1) is 47.2 Å². The molecule has 2 aliphatic heterocycles. The number of rotatable bonds is 4. The first kappa shape index (κ1) is 19.0. The van der Waals surface area contributed by atoms with Gasteiger partial charge in [0, 0.05) is 19.5 Å². The SMILES string of the molecule is CCOc1ccc2nc(N3CC(C(=O)N4CCn5nc(C)cc5C4)CC3=O)sc2c1. The Morgan fingerprint density at radius 2 is 2.17 bits per heavy atom. The molecule has 2 aromatic heterocycles. The summed E-state index contributed by atoms with van der Waals surface area (Å²) in [6.45, 7) is 6.75. The van der Waals surface area contributed by atoms with Crippen molar-refractivity contribution < 1.29 is 14.3 Å². The van der Waals surface area contributed by atoms with Crippen molar-refractivity contribution in [2.45, 2.75) is 33.4 Å². The van der Waals surface area contributed by atoms with Crippen LogP contribution in [-0.2, 0) is 22.7 Å². The maximum atomic E-state index is 13.1. The van der Waals surface area contributed by atoms with Crippen LogP contribution in [0.25, 0.3) is 10.2 Å². The largest absolute Gasteiger partial charge is 0.494 e. The van der Waals surface area contributed by atoms with Crippen LogP contribution in [0.1, 0.15) is 24.7 Å². The molecular formula is C21H23N5O3S. The lowest BCUT2D eigenvalue weighted by Crippen LogP contribution is -2.42. The highest BCUT2D eigenvalue weighted by atomic mass is 32.1. The first-order valence-electron chi connectivity index (χ1n) is 10.2. The van der Waals surface area contributed by atoms with Gasteiger partial charge in [0.25, 0.3) is 0 Å². The van der Waals surface area contributed by atoms with Crippen LogP contribution >= 0.6 is 11.3 Å². The van der Waals surface area contributed by atoms with Crippen molar-refractivity contribution in [3.63, 3.8) is 0 Å². The van der Waals surface area contributed by atoms with Gasteiger partial charge >= 0.3 is 0 Å². The molecule has 1 aromatic carbocycles. The van der Waals surface area contributed by atoms with E-state index in [1.54, 1.807) is 4.90 Å². The molecule has 0 spiro atoms. The molecule has 9 heteroatoms. The summed E-state index contributed by atoms with van der Waals surface area (Å²) in [5.74, 6) is 0.450. The molecule has 2 aliphatic rings. The Labute approximate surface area is 178 Å². The first-order valence-corrected chi connectivity index (χ1v) is 11.0. The minimum Gasteiger partial charge on any atom is -0.494 e. The zero-order valence-corrected chi connectivity index (χ0v) is 17.8. The molecule has 2 amide bonds. The number of aryl methyl sites for hydroxylation is 1. The summed E-state index contributed by atoms with van der Waals surface area (Å²) >= 11 is 1.46. The van der Waals surface area contributed by atoms with Crippen molar-refractivity contribution in [3.8, 4) is 5.75 Å². The third-order valence-electron chi connectivity index (χ3n) is 5.60. The highest BCUT2D eigenvalue weighted by Gasteiger charge is 2.39. The predicted molar refractivity (Wildman–Crippen MR) is 114 cm³/mol. The maximum Gasteiger partial charge on any atom is 0.229 e. The number of fused-ring (bicyclic) bond motifs is 2. The fraction of sp³-hybridized carbons (Fsp3) is 0.429. The van der Waals surface area contributed by atoms with Crippen molar-refractivity contribution in [2.75, 3.05) is 24.6 Å². The molecule has 30 heavy (non-hydrogen) atoms. The van der Waals surface area contributed by atoms with Crippen molar-refractivity contribution in [1.82, 2.24) is 19.7 Å². The predicted octanol–water partition coefficient (Wildman–Crippen LogP) is 2.60. The molecule has 1 atom stereocenters. The quantitative estimate of drug-likeness (QED) is 0.642. The van der Waals surface area contributed by atoms with Crippen molar-refractivity contribution in [1.29, 1.82) is 0 Å². The number of aromatic nitrogens is 3. The number of thiazole rings is 1. The zero-order valence-electron chi connectivity index (χ0n) is 17.0. The summed E-state index contributed by atoms with van der Waals surface area (Å²) in [6, 6.07) is 7.75. The van der Waals surface area contributed by atoms with E-state index in [1.807, 2.05) is 47.7 Å². The second-order valence-electron chi connectivity index (χ2n) is 7.72. The standard InChI is InChI=1S/C21H23N5O3S/c1-3-29-16-4-5-17-18(10-16)30-21(22-17)25-11-14(9-19(25)27)20(28)24-6-7-26-15(12-24)8-13(2)23-26/h4-5,8,10,14H,3,6-7,9,11-12H2,1-2H3. The first-order chi connectivity index (χ1) is 14.5. The number of hydrogen-bond acceptors (Lipinski definition) is 6. The number of anilines is 1. The molecule has 0 radical (unpaired) electrons. The lowest BCUT2D eigenvalue weighted by Gasteiger charge is -2.29. The Morgan fingerprint density at radius 3 is 3.00 bits per heavy atom. The van der Waals surface area contributed by atoms with Gasteiger partial charge in [0.15, 0.2) is 5.13 Å². The van der Waals surface area contributed by atoms with Crippen LogP contribution in [-0.4, -0.2) is 51.2 Å².